The molecule has 0 N–H and O–H groups in total. The summed E-state index contributed by atoms with van der Waals surface area (Å²) in [6, 6.07) is 18.0. The van der Waals surface area contributed by atoms with Gasteiger partial charge in [-0.1, -0.05) is 66.7 Å². The summed E-state index contributed by atoms with van der Waals surface area (Å²) in [4.78, 5) is 14.2. The summed E-state index contributed by atoms with van der Waals surface area (Å²) >= 11 is 0. The van der Waals surface area contributed by atoms with Crippen LogP contribution < -0.4 is 0 Å². The molecule has 2 atom stereocenters. The molecule has 0 saturated carbocycles. The summed E-state index contributed by atoms with van der Waals surface area (Å²) in [5.41, 5.74) is 3.42. The van der Waals surface area contributed by atoms with E-state index in [2.05, 4.69) is 24.3 Å². The molecule has 21 heavy (non-hydrogen) atoms. The van der Waals surface area contributed by atoms with Crippen molar-refractivity contribution in [3.05, 3.63) is 83.4 Å². The van der Waals surface area contributed by atoms with Crippen LogP contribution in [0.4, 0.5) is 4.79 Å². The molecule has 4 rings (SSSR count). The van der Waals surface area contributed by atoms with Gasteiger partial charge >= 0.3 is 6.09 Å². The van der Waals surface area contributed by atoms with Crippen molar-refractivity contribution in [2.24, 2.45) is 0 Å². The molecular formula is C18H15NO2. The molecule has 0 radical (unpaired) electrons. The molecule has 0 spiro atoms. The van der Waals surface area contributed by atoms with Gasteiger partial charge in [-0.15, -0.1) is 0 Å². The Labute approximate surface area is 123 Å². The molecule has 3 nitrogen and oxygen atoms in total. The lowest BCUT2D eigenvalue weighted by molar-refractivity contribution is 0.0876. The van der Waals surface area contributed by atoms with E-state index < -0.39 is 0 Å². The van der Waals surface area contributed by atoms with Crippen LogP contribution in [0.2, 0.25) is 0 Å². The van der Waals surface area contributed by atoms with E-state index in [0.29, 0.717) is 6.61 Å². The van der Waals surface area contributed by atoms with Crippen molar-refractivity contribution >= 4 is 6.09 Å². The fraction of sp³-hybridized carbons (Fsp3) is 0.167. The van der Waals surface area contributed by atoms with E-state index in [1.807, 2.05) is 47.4 Å². The van der Waals surface area contributed by atoms with Crippen LogP contribution in [0.3, 0.4) is 0 Å². The molecule has 0 unspecified atom stereocenters. The van der Waals surface area contributed by atoms with Gasteiger partial charge in [0.2, 0.25) is 0 Å². The van der Waals surface area contributed by atoms with Crippen LogP contribution in [-0.2, 0) is 11.3 Å². The Hall–Kier alpha value is -2.55. The predicted molar refractivity (Wildman–Crippen MR) is 79.5 cm³/mol. The lowest BCUT2D eigenvalue weighted by Crippen LogP contribution is -2.29. The average molecular weight is 277 g/mol. The maximum atomic E-state index is 12.4. The summed E-state index contributed by atoms with van der Waals surface area (Å²) in [5, 5.41) is 0. The first-order chi connectivity index (χ1) is 10.3. The molecule has 0 saturated heterocycles. The van der Waals surface area contributed by atoms with E-state index in [1.54, 1.807) is 0 Å². The number of nitrogens with zero attached hydrogens (tertiary/aromatic N) is 1. The molecule has 2 aliphatic heterocycles. The van der Waals surface area contributed by atoms with Crippen LogP contribution in [0, 0.1) is 0 Å². The number of rotatable bonds is 2. The number of amides is 1. The summed E-state index contributed by atoms with van der Waals surface area (Å²) in [6.07, 6.45) is 3.91. The summed E-state index contributed by atoms with van der Waals surface area (Å²) in [7, 11) is 0. The van der Waals surface area contributed by atoms with E-state index in [4.69, 9.17) is 4.74 Å². The van der Waals surface area contributed by atoms with Crippen LogP contribution in [0.1, 0.15) is 28.8 Å². The normalized spacial score (nSPS) is 21.4. The molecule has 2 aromatic rings. The average Bonchev–Trinajstić information content (AvgIpc) is 3.11. The number of hydrogen-bond acceptors (Lipinski definition) is 2. The molecule has 3 heteroatoms. The van der Waals surface area contributed by atoms with Crippen LogP contribution in [0.25, 0.3) is 0 Å². The van der Waals surface area contributed by atoms with E-state index in [9.17, 15) is 4.79 Å². The van der Waals surface area contributed by atoms with Gasteiger partial charge in [0, 0.05) is 0 Å². The Kier molecular flexibility index (Phi) is 2.78. The number of benzene rings is 2. The van der Waals surface area contributed by atoms with Gasteiger partial charge in [-0.2, -0.15) is 0 Å². The van der Waals surface area contributed by atoms with E-state index in [1.165, 1.54) is 11.1 Å². The second-order valence-corrected chi connectivity index (χ2v) is 5.35. The predicted octanol–water partition coefficient (Wildman–Crippen LogP) is 3.99. The van der Waals surface area contributed by atoms with E-state index >= 15 is 0 Å². The van der Waals surface area contributed by atoms with Gasteiger partial charge < -0.3 is 4.74 Å². The lowest BCUT2D eigenvalue weighted by Gasteiger charge is -2.22. The van der Waals surface area contributed by atoms with Crippen molar-refractivity contribution in [3.63, 3.8) is 0 Å². The third-order valence-corrected chi connectivity index (χ3v) is 4.12. The number of fused-ring (bicyclic) bond motifs is 5. The topological polar surface area (TPSA) is 29.5 Å². The smallest absolute Gasteiger partial charge is 0.411 e. The summed E-state index contributed by atoms with van der Waals surface area (Å²) in [5.74, 6) is 0. The van der Waals surface area contributed by atoms with Crippen molar-refractivity contribution < 1.29 is 9.53 Å². The molecule has 104 valence electrons. The standard InChI is InChI=1S/C18H15NO2/c20-18(21-12-13-6-2-1-3-7-13)19-16-10-11-17(19)15-9-5-4-8-14(15)16/h1-11,16-17H,12H2/t16-,17+. The molecule has 1 amide bonds. The maximum absolute atomic E-state index is 12.4. The molecule has 0 fully saturated rings. The lowest BCUT2D eigenvalue weighted by atomic mass is 9.97. The van der Waals surface area contributed by atoms with Crippen molar-refractivity contribution in [3.8, 4) is 0 Å². The Balaban J connectivity index is 1.50. The Morgan fingerprint density at radius 3 is 2.10 bits per heavy atom. The van der Waals surface area contributed by atoms with Crippen molar-refractivity contribution in [2.45, 2.75) is 18.7 Å². The highest BCUT2D eigenvalue weighted by atomic mass is 16.6. The van der Waals surface area contributed by atoms with Gasteiger partial charge in [0.1, 0.15) is 6.61 Å². The molecule has 2 bridgehead atoms. The second kappa shape index (κ2) is 4.77. The van der Waals surface area contributed by atoms with Gasteiger partial charge in [0.15, 0.2) is 0 Å². The van der Waals surface area contributed by atoms with Crippen molar-refractivity contribution in [2.75, 3.05) is 0 Å². The van der Waals surface area contributed by atoms with Gasteiger partial charge in [-0.25, -0.2) is 4.79 Å². The minimum absolute atomic E-state index is 0.0227. The minimum Gasteiger partial charge on any atom is -0.445 e. The minimum atomic E-state index is -0.255. The third-order valence-electron chi connectivity index (χ3n) is 4.12. The van der Waals surface area contributed by atoms with Crippen molar-refractivity contribution in [1.82, 2.24) is 4.90 Å². The third kappa shape index (κ3) is 1.93. The molecule has 0 aliphatic carbocycles. The number of carbonyl (C=O) groups is 1. The zero-order valence-corrected chi connectivity index (χ0v) is 11.5. The highest BCUT2D eigenvalue weighted by Gasteiger charge is 2.43. The van der Waals surface area contributed by atoms with Gasteiger partial charge in [0.05, 0.1) is 12.1 Å². The molecule has 2 heterocycles. The highest BCUT2D eigenvalue weighted by Crippen LogP contribution is 2.48. The fourth-order valence-corrected chi connectivity index (χ4v) is 3.15. The van der Waals surface area contributed by atoms with Crippen molar-refractivity contribution in [1.29, 1.82) is 0 Å². The number of hydrogen-bond donors (Lipinski definition) is 0. The fourth-order valence-electron chi connectivity index (χ4n) is 3.15. The van der Waals surface area contributed by atoms with Crippen LogP contribution in [0.15, 0.2) is 66.7 Å². The first kappa shape index (κ1) is 12.2. The molecule has 2 aromatic carbocycles. The summed E-state index contributed by atoms with van der Waals surface area (Å²) in [6.45, 7) is 0.311. The quantitative estimate of drug-likeness (QED) is 0.777. The zero-order valence-electron chi connectivity index (χ0n) is 11.5. The highest BCUT2D eigenvalue weighted by molar-refractivity contribution is 5.73. The van der Waals surface area contributed by atoms with Crippen LogP contribution >= 0.6 is 0 Å². The molecule has 2 aliphatic rings. The van der Waals surface area contributed by atoms with Gasteiger partial charge in [0.25, 0.3) is 0 Å². The SMILES string of the molecule is O=C(OCc1ccccc1)N1[C@@H]2C=C[C@H]1c1ccccc12. The van der Waals surface area contributed by atoms with E-state index in [-0.39, 0.29) is 18.2 Å². The summed E-state index contributed by atoms with van der Waals surface area (Å²) < 4.78 is 5.47. The Bertz CT molecular complexity index is 675. The molecule has 0 aromatic heterocycles. The van der Waals surface area contributed by atoms with E-state index in [0.717, 1.165) is 5.56 Å². The van der Waals surface area contributed by atoms with Crippen LogP contribution in [0.5, 0.6) is 0 Å². The second-order valence-electron chi connectivity index (χ2n) is 5.35. The number of carbonyl (C=O) groups excluding carboxylic acids is 1. The first-order valence-electron chi connectivity index (χ1n) is 7.11. The Morgan fingerprint density at radius 2 is 1.48 bits per heavy atom. The van der Waals surface area contributed by atoms with Gasteiger partial charge in [-0.3, -0.25) is 4.90 Å². The number of ether oxygens (including phenoxy) is 1. The maximum Gasteiger partial charge on any atom is 0.411 e. The van der Waals surface area contributed by atoms with Gasteiger partial charge in [-0.05, 0) is 16.7 Å². The first-order valence-corrected chi connectivity index (χ1v) is 7.11. The largest absolute Gasteiger partial charge is 0.445 e. The van der Waals surface area contributed by atoms with Crippen LogP contribution in [-0.4, -0.2) is 11.0 Å². The Morgan fingerprint density at radius 1 is 0.905 bits per heavy atom. The molecular weight excluding hydrogens is 262 g/mol. The zero-order chi connectivity index (χ0) is 14.2. The monoisotopic (exact) mass is 277 g/mol.